The highest BCUT2D eigenvalue weighted by molar-refractivity contribution is 7.10. The topological polar surface area (TPSA) is 75.4 Å². The van der Waals surface area contributed by atoms with E-state index in [2.05, 4.69) is 0 Å². The van der Waals surface area contributed by atoms with Crippen molar-refractivity contribution in [3.8, 4) is 0 Å². The summed E-state index contributed by atoms with van der Waals surface area (Å²) < 4.78 is 0. The van der Waals surface area contributed by atoms with E-state index < -0.39 is 11.9 Å². The van der Waals surface area contributed by atoms with Crippen LogP contribution in [0.15, 0.2) is 17.5 Å². The maximum absolute atomic E-state index is 11.3. The van der Waals surface area contributed by atoms with Gasteiger partial charge in [-0.05, 0) is 25.4 Å². The summed E-state index contributed by atoms with van der Waals surface area (Å²) in [5.74, 6) is -0.390. The van der Waals surface area contributed by atoms with Crippen LogP contribution < -0.4 is 11.1 Å². The minimum atomic E-state index is -0.817. The second kappa shape index (κ2) is 5.62. The fraction of sp³-hybridized carbons (Fsp3) is 0.400. The van der Waals surface area contributed by atoms with Crippen LogP contribution >= 0.6 is 11.3 Å². The highest BCUT2D eigenvalue weighted by Gasteiger charge is 2.15. The first kappa shape index (κ1) is 12.7. The Bertz CT molecular complexity index is 364. The van der Waals surface area contributed by atoms with Crippen molar-refractivity contribution in [3.05, 3.63) is 22.4 Å². The SMILES string of the molecule is CC(c1cccs1)N(C)CC(=O)NC(N)=O. The molecular formula is C10H15N3O2S. The third kappa shape index (κ3) is 3.63. The number of amides is 3. The van der Waals surface area contributed by atoms with Crippen molar-refractivity contribution in [1.82, 2.24) is 10.2 Å². The van der Waals surface area contributed by atoms with Crippen molar-refractivity contribution in [2.75, 3.05) is 13.6 Å². The number of nitrogens with one attached hydrogen (secondary N) is 1. The third-order valence-corrected chi connectivity index (χ3v) is 3.31. The summed E-state index contributed by atoms with van der Waals surface area (Å²) in [6, 6.07) is 3.30. The number of urea groups is 1. The van der Waals surface area contributed by atoms with Gasteiger partial charge in [-0.25, -0.2) is 4.79 Å². The second-order valence-corrected chi connectivity index (χ2v) is 4.50. The van der Waals surface area contributed by atoms with Crippen molar-refractivity contribution in [2.24, 2.45) is 5.73 Å². The molecule has 0 aliphatic rings. The average Bonchev–Trinajstić information content (AvgIpc) is 2.67. The Kier molecular flexibility index (Phi) is 4.45. The fourth-order valence-electron chi connectivity index (χ4n) is 1.29. The van der Waals surface area contributed by atoms with E-state index in [-0.39, 0.29) is 12.6 Å². The highest BCUT2D eigenvalue weighted by Crippen LogP contribution is 2.22. The van der Waals surface area contributed by atoms with Gasteiger partial charge in [-0.1, -0.05) is 6.07 Å². The largest absolute Gasteiger partial charge is 0.351 e. The molecule has 0 bridgehead atoms. The zero-order valence-corrected chi connectivity index (χ0v) is 10.1. The molecule has 1 aromatic rings. The number of imide groups is 1. The molecule has 1 unspecified atom stereocenters. The minimum absolute atomic E-state index is 0.138. The van der Waals surface area contributed by atoms with Gasteiger partial charge in [0, 0.05) is 10.9 Å². The van der Waals surface area contributed by atoms with Crippen molar-refractivity contribution < 1.29 is 9.59 Å². The van der Waals surface area contributed by atoms with Crippen molar-refractivity contribution in [2.45, 2.75) is 13.0 Å². The number of carbonyl (C=O) groups is 2. The molecule has 0 fully saturated rings. The monoisotopic (exact) mass is 241 g/mol. The first-order chi connectivity index (χ1) is 7.50. The quantitative estimate of drug-likeness (QED) is 0.823. The number of hydrogen-bond donors (Lipinski definition) is 2. The molecule has 6 heteroatoms. The maximum atomic E-state index is 11.3. The summed E-state index contributed by atoms with van der Waals surface area (Å²) in [6.45, 7) is 2.14. The van der Waals surface area contributed by atoms with Gasteiger partial charge in [-0.15, -0.1) is 11.3 Å². The summed E-state index contributed by atoms with van der Waals surface area (Å²) in [7, 11) is 1.82. The summed E-state index contributed by atoms with van der Waals surface area (Å²) in [5, 5.41) is 4.02. The van der Waals surface area contributed by atoms with Crippen LogP contribution in [0.2, 0.25) is 0 Å². The molecule has 16 heavy (non-hydrogen) atoms. The van der Waals surface area contributed by atoms with Gasteiger partial charge in [0.1, 0.15) is 0 Å². The molecule has 0 saturated carbocycles. The van der Waals surface area contributed by atoms with Gasteiger partial charge in [0.15, 0.2) is 0 Å². The number of likely N-dealkylation sites (N-methyl/N-ethyl adjacent to an activating group) is 1. The predicted molar refractivity (Wildman–Crippen MR) is 63.1 cm³/mol. The highest BCUT2D eigenvalue weighted by atomic mass is 32.1. The molecule has 0 saturated heterocycles. The lowest BCUT2D eigenvalue weighted by Gasteiger charge is -2.22. The fourth-order valence-corrected chi connectivity index (χ4v) is 2.13. The molecule has 88 valence electrons. The number of primary amides is 1. The molecule has 1 heterocycles. The number of carbonyl (C=O) groups excluding carboxylic acids is 2. The van der Waals surface area contributed by atoms with Gasteiger partial charge in [0.05, 0.1) is 6.54 Å². The van der Waals surface area contributed by atoms with Gasteiger partial charge in [-0.2, -0.15) is 0 Å². The molecule has 0 aliphatic carbocycles. The lowest BCUT2D eigenvalue weighted by molar-refractivity contribution is -0.121. The Morgan fingerprint density at radius 1 is 1.62 bits per heavy atom. The maximum Gasteiger partial charge on any atom is 0.318 e. The molecule has 0 spiro atoms. The van der Waals surface area contributed by atoms with Gasteiger partial charge in [0.25, 0.3) is 0 Å². The summed E-state index contributed by atoms with van der Waals surface area (Å²) >= 11 is 1.64. The van der Waals surface area contributed by atoms with Gasteiger partial charge in [0.2, 0.25) is 5.91 Å². The van der Waals surface area contributed by atoms with E-state index in [9.17, 15) is 9.59 Å². The molecule has 0 aliphatic heterocycles. The van der Waals surface area contributed by atoms with E-state index in [1.807, 2.05) is 41.7 Å². The van der Waals surface area contributed by atoms with Gasteiger partial charge in [-0.3, -0.25) is 15.0 Å². The van der Waals surface area contributed by atoms with Crippen LogP contribution in [0.4, 0.5) is 4.79 Å². The number of nitrogens with zero attached hydrogens (tertiary/aromatic N) is 1. The molecule has 1 atom stereocenters. The lowest BCUT2D eigenvalue weighted by Crippen LogP contribution is -2.41. The molecule has 1 rings (SSSR count). The average molecular weight is 241 g/mol. The zero-order valence-electron chi connectivity index (χ0n) is 9.27. The standard InChI is InChI=1S/C10H15N3O2S/c1-7(8-4-3-5-16-8)13(2)6-9(14)12-10(11)15/h3-5,7H,6H2,1-2H3,(H3,11,12,14,15). The summed E-state index contributed by atoms with van der Waals surface area (Å²) in [5.41, 5.74) is 4.85. The van der Waals surface area contributed by atoms with E-state index in [4.69, 9.17) is 5.73 Å². The Hall–Kier alpha value is -1.40. The van der Waals surface area contributed by atoms with Crippen LogP contribution in [0.25, 0.3) is 0 Å². The smallest absolute Gasteiger partial charge is 0.318 e. The Labute approximate surface area is 98.2 Å². The number of hydrogen-bond acceptors (Lipinski definition) is 4. The molecule has 1 aromatic heterocycles. The molecule has 5 nitrogen and oxygen atoms in total. The van der Waals surface area contributed by atoms with Crippen LogP contribution in [0, 0.1) is 0 Å². The van der Waals surface area contributed by atoms with Crippen LogP contribution in [0.1, 0.15) is 17.8 Å². The number of thiophene rings is 1. The van der Waals surface area contributed by atoms with E-state index in [1.165, 1.54) is 4.88 Å². The Morgan fingerprint density at radius 3 is 2.81 bits per heavy atom. The van der Waals surface area contributed by atoms with Gasteiger partial charge >= 0.3 is 6.03 Å². The second-order valence-electron chi connectivity index (χ2n) is 3.52. The zero-order chi connectivity index (χ0) is 12.1. The van der Waals surface area contributed by atoms with Crippen molar-refractivity contribution >= 4 is 23.3 Å². The van der Waals surface area contributed by atoms with Gasteiger partial charge < -0.3 is 5.73 Å². The van der Waals surface area contributed by atoms with Crippen LogP contribution in [0.3, 0.4) is 0 Å². The summed E-state index contributed by atoms with van der Waals surface area (Å²) in [6.07, 6.45) is 0. The minimum Gasteiger partial charge on any atom is -0.351 e. The molecule has 3 N–H and O–H groups in total. The van der Waals surface area contributed by atoms with E-state index in [0.717, 1.165) is 0 Å². The lowest BCUT2D eigenvalue weighted by atomic mass is 10.2. The van der Waals surface area contributed by atoms with Crippen LogP contribution in [-0.4, -0.2) is 30.4 Å². The molecule has 3 amide bonds. The molecule has 0 radical (unpaired) electrons. The van der Waals surface area contributed by atoms with Crippen LogP contribution in [0.5, 0.6) is 0 Å². The number of rotatable bonds is 4. The molecule has 0 aromatic carbocycles. The predicted octanol–water partition coefficient (Wildman–Crippen LogP) is 0.936. The first-order valence-electron chi connectivity index (χ1n) is 4.83. The summed E-state index contributed by atoms with van der Waals surface area (Å²) in [4.78, 5) is 24.8. The Balaban J connectivity index is 2.49. The number of nitrogens with two attached hydrogens (primary N) is 1. The van der Waals surface area contributed by atoms with E-state index in [0.29, 0.717) is 0 Å². The van der Waals surface area contributed by atoms with E-state index >= 15 is 0 Å². The van der Waals surface area contributed by atoms with Crippen LogP contribution in [-0.2, 0) is 4.79 Å². The van der Waals surface area contributed by atoms with E-state index in [1.54, 1.807) is 11.3 Å². The third-order valence-electron chi connectivity index (χ3n) is 2.27. The Morgan fingerprint density at radius 2 is 2.31 bits per heavy atom. The normalized spacial score (nSPS) is 12.4. The molecular weight excluding hydrogens is 226 g/mol. The van der Waals surface area contributed by atoms with Crippen molar-refractivity contribution in [1.29, 1.82) is 0 Å². The van der Waals surface area contributed by atoms with Crippen molar-refractivity contribution in [3.63, 3.8) is 0 Å². The first-order valence-corrected chi connectivity index (χ1v) is 5.71.